The molecule has 2 aliphatic heterocycles. The molecule has 2 N–H and O–H groups in total. The molecule has 1 saturated heterocycles. The molecule has 0 bridgehead atoms. The van der Waals surface area contributed by atoms with Crippen molar-refractivity contribution in [2.75, 3.05) is 28.2 Å². The highest BCUT2D eigenvalue weighted by molar-refractivity contribution is 7.99. The molecule has 42 heavy (non-hydrogen) atoms. The Bertz CT molecular complexity index is 1660. The van der Waals surface area contributed by atoms with Crippen molar-refractivity contribution in [3.63, 3.8) is 0 Å². The van der Waals surface area contributed by atoms with Crippen molar-refractivity contribution in [1.29, 1.82) is 0 Å². The molecule has 11 heteroatoms. The number of hydrazine groups is 1. The summed E-state index contributed by atoms with van der Waals surface area (Å²) in [6, 6.07) is 31.2. The number of hydrogen-bond donors (Lipinski definition) is 2. The van der Waals surface area contributed by atoms with Crippen LogP contribution in [0, 0.1) is 5.92 Å². The quantitative estimate of drug-likeness (QED) is 0.199. The summed E-state index contributed by atoms with van der Waals surface area (Å²) in [6.45, 7) is -0.245. The van der Waals surface area contributed by atoms with Gasteiger partial charge in [0.2, 0.25) is 16.9 Å². The van der Waals surface area contributed by atoms with Crippen LogP contribution in [0.15, 0.2) is 113 Å². The molecule has 6 rings (SSSR count). The van der Waals surface area contributed by atoms with Crippen molar-refractivity contribution in [2.24, 2.45) is 5.92 Å². The normalized spacial score (nSPS) is 16.3. The van der Waals surface area contributed by atoms with Gasteiger partial charge in [0.15, 0.2) is 0 Å². The number of nitrogens with one attached hydrogen (secondary N) is 2. The highest BCUT2D eigenvalue weighted by Gasteiger charge is 2.45. The number of anilines is 4. The van der Waals surface area contributed by atoms with Gasteiger partial charge in [-0.1, -0.05) is 71.9 Å². The zero-order valence-electron chi connectivity index (χ0n) is 22.1. The Morgan fingerprint density at radius 3 is 2.14 bits per heavy atom. The molecule has 0 aromatic heterocycles. The third kappa shape index (κ3) is 5.37. The van der Waals surface area contributed by atoms with E-state index in [1.807, 2.05) is 54.6 Å². The molecule has 2 heterocycles. The van der Waals surface area contributed by atoms with Crippen LogP contribution in [0.25, 0.3) is 0 Å². The maximum absolute atomic E-state index is 13.8. The van der Waals surface area contributed by atoms with Crippen LogP contribution in [-0.4, -0.2) is 40.9 Å². The Morgan fingerprint density at radius 1 is 0.833 bits per heavy atom. The Balaban J connectivity index is 1.27. The number of amides is 3. The van der Waals surface area contributed by atoms with Crippen molar-refractivity contribution in [3.05, 3.63) is 108 Å². The van der Waals surface area contributed by atoms with E-state index in [1.54, 1.807) is 65.2 Å². The number of nitrogens with zero attached hydrogens (tertiary/aromatic N) is 3. The molecular formula is C31H24ClN5O3S2. The summed E-state index contributed by atoms with van der Waals surface area (Å²) < 4.78 is 0. The van der Waals surface area contributed by atoms with Crippen molar-refractivity contribution < 1.29 is 14.4 Å². The smallest absolute Gasteiger partial charge is 0.257 e. The topological polar surface area (TPSA) is 85.0 Å². The van der Waals surface area contributed by atoms with Crippen LogP contribution in [0.3, 0.4) is 0 Å². The van der Waals surface area contributed by atoms with Crippen molar-refractivity contribution >= 4 is 81.2 Å². The molecule has 210 valence electrons. The van der Waals surface area contributed by atoms with Crippen LogP contribution in [0.2, 0.25) is 5.02 Å². The lowest BCUT2D eigenvalue weighted by Crippen LogP contribution is -2.65. The van der Waals surface area contributed by atoms with E-state index in [9.17, 15) is 14.4 Å². The molecule has 8 nitrogen and oxygen atoms in total. The van der Waals surface area contributed by atoms with Gasteiger partial charge in [-0.2, -0.15) is 0 Å². The molecular weight excluding hydrogens is 590 g/mol. The zero-order chi connectivity index (χ0) is 29.2. The van der Waals surface area contributed by atoms with Gasteiger partial charge >= 0.3 is 0 Å². The number of carbonyl (C=O) groups is 3. The van der Waals surface area contributed by atoms with Crippen molar-refractivity contribution in [2.45, 2.75) is 9.79 Å². The SMILES string of the molecule is O=C1C(CNc2cccc(Cl)c2)C(=O)N(c2ccccc2)C(=S)N1NCC(=O)N1c2ccccc2Sc2ccccc21. The summed E-state index contributed by atoms with van der Waals surface area (Å²) in [5, 5.41) is 4.73. The Hall–Kier alpha value is -4.22. The first-order valence-corrected chi connectivity index (χ1v) is 14.7. The first-order valence-electron chi connectivity index (χ1n) is 13.1. The monoisotopic (exact) mass is 613 g/mol. The second kappa shape index (κ2) is 11.9. The average Bonchev–Trinajstić information content (AvgIpc) is 3.00. The van der Waals surface area contributed by atoms with Gasteiger partial charge in [-0.05, 0) is 66.8 Å². The largest absolute Gasteiger partial charge is 0.384 e. The maximum atomic E-state index is 13.8. The molecule has 0 spiro atoms. The lowest BCUT2D eigenvalue weighted by atomic mass is 10.0. The first-order chi connectivity index (χ1) is 20.4. The summed E-state index contributed by atoms with van der Waals surface area (Å²) in [5.41, 5.74) is 5.63. The minimum atomic E-state index is -1.12. The fraction of sp³-hybridized carbons (Fsp3) is 0.0968. The minimum Gasteiger partial charge on any atom is -0.384 e. The molecule has 2 aliphatic rings. The van der Waals surface area contributed by atoms with Gasteiger partial charge in [-0.3, -0.25) is 24.2 Å². The van der Waals surface area contributed by atoms with Crippen molar-refractivity contribution in [3.8, 4) is 0 Å². The van der Waals surface area contributed by atoms with E-state index in [0.717, 1.165) is 26.2 Å². The van der Waals surface area contributed by atoms with Crippen LogP contribution >= 0.6 is 35.6 Å². The maximum Gasteiger partial charge on any atom is 0.257 e. The number of hydrogen-bond acceptors (Lipinski definition) is 7. The van der Waals surface area contributed by atoms with Crippen LogP contribution in [-0.2, 0) is 14.4 Å². The summed E-state index contributed by atoms with van der Waals surface area (Å²) in [4.78, 5) is 46.0. The van der Waals surface area contributed by atoms with E-state index in [1.165, 1.54) is 4.90 Å². The van der Waals surface area contributed by atoms with Crippen molar-refractivity contribution in [1.82, 2.24) is 10.4 Å². The van der Waals surface area contributed by atoms with Crippen LogP contribution < -0.4 is 20.5 Å². The van der Waals surface area contributed by atoms with Gasteiger partial charge in [0.1, 0.15) is 5.92 Å². The number of para-hydroxylation sites is 3. The lowest BCUT2D eigenvalue weighted by molar-refractivity contribution is -0.141. The highest BCUT2D eigenvalue weighted by Crippen LogP contribution is 2.47. The second-order valence-corrected chi connectivity index (χ2v) is 11.4. The summed E-state index contributed by atoms with van der Waals surface area (Å²) in [7, 11) is 0. The van der Waals surface area contributed by atoms with E-state index in [4.69, 9.17) is 23.8 Å². The van der Waals surface area contributed by atoms with Gasteiger partial charge in [0.25, 0.3) is 5.91 Å². The van der Waals surface area contributed by atoms with Gasteiger partial charge in [0, 0.05) is 27.0 Å². The molecule has 1 unspecified atom stereocenters. The molecule has 0 saturated carbocycles. The fourth-order valence-corrected chi connectivity index (χ4v) is 6.46. The fourth-order valence-electron chi connectivity index (χ4n) is 4.86. The predicted octanol–water partition coefficient (Wildman–Crippen LogP) is 5.86. The standard InChI is InChI=1S/C31H24ClN5O3S2/c32-20-9-8-10-21(17-20)33-18-23-29(39)35(22-11-2-1-3-12-22)31(41)37(30(23)40)34-19-28(38)36-24-13-4-6-15-26(24)42-27-16-7-5-14-25(27)36/h1-17,23,33-34H,18-19H2. The zero-order valence-corrected chi connectivity index (χ0v) is 24.5. The van der Waals surface area contributed by atoms with Crippen LogP contribution in [0.4, 0.5) is 22.7 Å². The van der Waals surface area contributed by atoms with E-state index in [2.05, 4.69) is 10.7 Å². The first kappa shape index (κ1) is 27.9. The minimum absolute atomic E-state index is 0.000180. The van der Waals surface area contributed by atoms with E-state index < -0.39 is 17.7 Å². The van der Waals surface area contributed by atoms with Gasteiger partial charge < -0.3 is 5.32 Å². The average molecular weight is 614 g/mol. The number of benzene rings is 4. The highest BCUT2D eigenvalue weighted by atomic mass is 35.5. The molecule has 0 radical (unpaired) electrons. The molecule has 4 aromatic carbocycles. The van der Waals surface area contributed by atoms with E-state index >= 15 is 0 Å². The molecule has 1 fully saturated rings. The Kier molecular flexibility index (Phi) is 7.94. The second-order valence-electron chi connectivity index (χ2n) is 9.51. The molecule has 1 atom stereocenters. The lowest BCUT2D eigenvalue weighted by Gasteiger charge is -2.39. The van der Waals surface area contributed by atoms with Gasteiger partial charge in [-0.15, -0.1) is 0 Å². The van der Waals surface area contributed by atoms with Crippen LogP contribution in [0.1, 0.15) is 0 Å². The Labute approximate surface area is 257 Å². The van der Waals surface area contributed by atoms with Gasteiger partial charge in [-0.25, -0.2) is 10.4 Å². The summed E-state index contributed by atoms with van der Waals surface area (Å²) in [6.07, 6.45) is 0. The number of thiocarbonyl (C=S) groups is 1. The van der Waals surface area contributed by atoms with Gasteiger partial charge in [0.05, 0.1) is 23.6 Å². The molecule has 4 aromatic rings. The summed E-state index contributed by atoms with van der Waals surface area (Å²) >= 11 is 13.4. The third-order valence-electron chi connectivity index (χ3n) is 6.84. The number of halogens is 1. The number of rotatable bonds is 7. The van der Waals surface area contributed by atoms with E-state index in [0.29, 0.717) is 16.4 Å². The predicted molar refractivity (Wildman–Crippen MR) is 169 cm³/mol. The molecule has 0 aliphatic carbocycles. The summed E-state index contributed by atoms with van der Waals surface area (Å²) in [5.74, 6) is -2.44. The van der Waals surface area contributed by atoms with E-state index in [-0.39, 0.29) is 24.1 Å². The third-order valence-corrected chi connectivity index (χ3v) is 8.57. The number of fused-ring (bicyclic) bond motifs is 2. The Morgan fingerprint density at radius 2 is 1.48 bits per heavy atom. The van der Waals surface area contributed by atoms with Crippen LogP contribution in [0.5, 0.6) is 0 Å². The number of carbonyl (C=O) groups excluding carboxylic acids is 3. The molecule has 3 amide bonds.